The quantitative estimate of drug-likeness (QED) is 0.181. The molecule has 0 aliphatic heterocycles. The predicted octanol–water partition coefficient (Wildman–Crippen LogP) is 11.0. The monoisotopic (exact) mass is 592 g/mol. The van der Waals surface area contributed by atoms with Gasteiger partial charge in [0.25, 0.3) is 0 Å². The minimum Gasteiger partial charge on any atom is -0.338 e. The van der Waals surface area contributed by atoms with Crippen LogP contribution in [0, 0.1) is 22.7 Å². The van der Waals surface area contributed by atoms with Gasteiger partial charge in [-0.2, -0.15) is 10.5 Å². The summed E-state index contributed by atoms with van der Waals surface area (Å²) in [5.74, 6) is 0. The molecular weight excluding hydrogens is 560 g/mol. The Balaban J connectivity index is 1.35. The Morgan fingerprint density at radius 3 is 1.76 bits per heavy atom. The first-order chi connectivity index (χ1) is 22.7. The van der Waals surface area contributed by atoms with Crippen molar-refractivity contribution in [2.24, 2.45) is 0 Å². The van der Waals surface area contributed by atoms with Crippen molar-refractivity contribution in [1.29, 1.82) is 10.5 Å². The van der Waals surface area contributed by atoms with Gasteiger partial charge in [0.1, 0.15) is 0 Å². The summed E-state index contributed by atoms with van der Waals surface area (Å²) in [6, 6.07) is 44.3. The summed E-state index contributed by atoms with van der Waals surface area (Å²) >= 11 is 0. The van der Waals surface area contributed by atoms with Gasteiger partial charge in [0.05, 0.1) is 17.8 Å². The van der Waals surface area contributed by atoms with E-state index in [0.29, 0.717) is 0 Å². The van der Waals surface area contributed by atoms with Crippen LogP contribution >= 0.6 is 0 Å². The number of para-hydroxylation sites is 2. The van der Waals surface area contributed by atoms with E-state index in [2.05, 4.69) is 143 Å². The summed E-state index contributed by atoms with van der Waals surface area (Å²) in [4.78, 5) is 4.87. The molecule has 8 rings (SSSR count). The molecule has 0 aromatic heterocycles. The lowest BCUT2D eigenvalue weighted by Crippen LogP contribution is -2.32. The highest BCUT2D eigenvalue weighted by Crippen LogP contribution is 2.46. The molecule has 0 N–H and O–H groups in total. The summed E-state index contributed by atoms with van der Waals surface area (Å²) in [6.07, 6.45) is 10.3. The number of nitriles is 2. The molecule has 0 radical (unpaired) electrons. The fourth-order valence-electron chi connectivity index (χ4n) is 7.41. The van der Waals surface area contributed by atoms with Gasteiger partial charge in [-0.25, -0.2) is 0 Å². The topological polar surface area (TPSA) is 54.1 Å². The molecule has 2 aliphatic rings. The average molecular weight is 593 g/mol. The maximum atomic E-state index is 9.53. The fourth-order valence-corrected chi connectivity index (χ4v) is 7.41. The van der Waals surface area contributed by atoms with Crippen LogP contribution in [-0.2, 0) is 0 Å². The molecule has 0 heterocycles. The van der Waals surface area contributed by atoms with Crippen LogP contribution in [0.25, 0.3) is 32.3 Å². The first kappa shape index (κ1) is 27.7. The molecule has 6 aromatic rings. The smallest absolute Gasteiger partial charge is 0.0947 e. The second-order valence-corrected chi connectivity index (χ2v) is 12.2. The molecule has 0 fully saturated rings. The van der Waals surface area contributed by atoms with E-state index in [0.717, 1.165) is 54.6 Å². The number of rotatable bonds is 6. The molecule has 220 valence electrons. The number of benzene rings is 6. The van der Waals surface area contributed by atoms with E-state index in [9.17, 15) is 10.5 Å². The molecule has 0 bridgehead atoms. The maximum Gasteiger partial charge on any atom is 0.0947 e. The molecule has 4 nitrogen and oxygen atoms in total. The molecule has 46 heavy (non-hydrogen) atoms. The van der Waals surface area contributed by atoms with Crippen molar-refractivity contribution >= 4 is 55.1 Å². The van der Waals surface area contributed by atoms with Gasteiger partial charge in [0.2, 0.25) is 0 Å². The van der Waals surface area contributed by atoms with Gasteiger partial charge >= 0.3 is 0 Å². The van der Waals surface area contributed by atoms with Crippen LogP contribution in [0.15, 0.2) is 144 Å². The average Bonchev–Trinajstić information content (AvgIpc) is 3.13. The summed E-state index contributed by atoms with van der Waals surface area (Å²) < 4.78 is 0. The summed E-state index contributed by atoms with van der Waals surface area (Å²) in [6.45, 7) is 0. The van der Waals surface area contributed by atoms with Gasteiger partial charge < -0.3 is 9.80 Å². The third kappa shape index (κ3) is 4.68. The molecule has 1 atom stereocenters. The Labute approximate surface area is 269 Å². The van der Waals surface area contributed by atoms with E-state index in [1.165, 1.54) is 49.4 Å². The minimum absolute atomic E-state index is 0.256. The van der Waals surface area contributed by atoms with Crippen molar-refractivity contribution < 1.29 is 0 Å². The molecule has 4 heteroatoms. The highest BCUT2D eigenvalue weighted by molar-refractivity contribution is 6.27. The first-order valence-corrected chi connectivity index (χ1v) is 16.0. The fraction of sp³-hybridized carbons (Fsp3) is 0.143. The van der Waals surface area contributed by atoms with E-state index >= 15 is 0 Å². The van der Waals surface area contributed by atoms with Gasteiger partial charge in [-0.1, -0.05) is 78.9 Å². The number of nitrogens with zero attached hydrogens (tertiary/aromatic N) is 4. The Morgan fingerprint density at radius 2 is 1.17 bits per heavy atom. The lowest BCUT2D eigenvalue weighted by Gasteiger charge is -2.36. The SMILES string of the molecule is N#CC1=CC=C(N(c2ccccc2)c2ccc3ccc4c(N(c5ccccc5)C5CC=C(C#N)CC5)ccc5ccc2c3c54)CC1. The second kappa shape index (κ2) is 11.6. The van der Waals surface area contributed by atoms with Crippen LogP contribution in [0.1, 0.15) is 32.1 Å². The lowest BCUT2D eigenvalue weighted by atomic mass is 9.90. The normalized spacial score (nSPS) is 16.4. The lowest BCUT2D eigenvalue weighted by molar-refractivity contribution is 0.583. The van der Waals surface area contributed by atoms with E-state index in [-0.39, 0.29) is 6.04 Å². The number of hydrogen-bond acceptors (Lipinski definition) is 4. The molecule has 6 aromatic carbocycles. The van der Waals surface area contributed by atoms with Crippen LogP contribution in [-0.4, -0.2) is 6.04 Å². The van der Waals surface area contributed by atoms with Crippen LogP contribution in [0.4, 0.5) is 22.7 Å². The Bertz CT molecular complexity index is 2260. The highest BCUT2D eigenvalue weighted by atomic mass is 15.2. The number of anilines is 4. The molecule has 2 aliphatic carbocycles. The predicted molar refractivity (Wildman–Crippen MR) is 190 cm³/mol. The highest BCUT2D eigenvalue weighted by Gasteiger charge is 2.26. The third-order valence-corrected chi connectivity index (χ3v) is 9.62. The molecular formula is C42H32N4. The van der Waals surface area contributed by atoms with Crippen molar-refractivity contribution in [3.05, 3.63) is 144 Å². The molecule has 0 saturated carbocycles. The largest absolute Gasteiger partial charge is 0.338 e. The zero-order chi connectivity index (χ0) is 31.0. The van der Waals surface area contributed by atoms with Gasteiger partial charge in [0.15, 0.2) is 0 Å². The van der Waals surface area contributed by atoms with E-state index in [1.807, 2.05) is 6.08 Å². The zero-order valence-corrected chi connectivity index (χ0v) is 25.5. The second-order valence-electron chi connectivity index (χ2n) is 12.2. The molecule has 0 saturated heterocycles. The van der Waals surface area contributed by atoms with Crippen molar-refractivity contribution in [3.63, 3.8) is 0 Å². The van der Waals surface area contributed by atoms with Gasteiger partial charge in [-0.3, -0.25) is 0 Å². The van der Waals surface area contributed by atoms with Crippen LogP contribution in [0.3, 0.4) is 0 Å². The van der Waals surface area contributed by atoms with Crippen LogP contribution in [0.5, 0.6) is 0 Å². The Morgan fingerprint density at radius 1 is 0.565 bits per heavy atom. The van der Waals surface area contributed by atoms with Gasteiger partial charge in [0, 0.05) is 50.7 Å². The Kier molecular flexibility index (Phi) is 6.97. The van der Waals surface area contributed by atoms with Crippen molar-refractivity contribution in [2.75, 3.05) is 9.80 Å². The van der Waals surface area contributed by atoms with E-state index in [1.54, 1.807) is 0 Å². The zero-order valence-electron chi connectivity index (χ0n) is 25.5. The summed E-state index contributed by atoms with van der Waals surface area (Å²) in [5.41, 5.74) is 7.50. The standard InChI is InChI=1S/C42H32N4/c43-27-29-11-19-35(20-12-29)45(33-7-3-1-4-8-33)39-25-17-31-16-24-38-40(26-18-32-15-23-37(39)41(31)42(32)38)46(34-9-5-2-6-10-34)36-21-13-30(28-44)14-22-36/h1-11,13,15-19,23-26,36H,12,14,20-22H2. The Hall–Kier alpha value is -5.84. The van der Waals surface area contributed by atoms with Crippen molar-refractivity contribution in [3.8, 4) is 12.1 Å². The minimum atomic E-state index is 0.256. The molecule has 0 amide bonds. The van der Waals surface area contributed by atoms with E-state index < -0.39 is 0 Å². The van der Waals surface area contributed by atoms with Gasteiger partial charge in [-0.15, -0.1) is 0 Å². The van der Waals surface area contributed by atoms with E-state index in [4.69, 9.17) is 0 Å². The number of allylic oxidation sites excluding steroid dienone is 5. The molecule has 0 spiro atoms. The van der Waals surface area contributed by atoms with Crippen LogP contribution in [0.2, 0.25) is 0 Å². The summed E-state index contributed by atoms with van der Waals surface area (Å²) in [7, 11) is 0. The van der Waals surface area contributed by atoms with Crippen molar-refractivity contribution in [1.82, 2.24) is 0 Å². The third-order valence-electron chi connectivity index (χ3n) is 9.62. The number of hydrogen-bond donors (Lipinski definition) is 0. The summed E-state index contributed by atoms with van der Waals surface area (Å²) in [5, 5.41) is 26.5. The van der Waals surface area contributed by atoms with Gasteiger partial charge in [-0.05, 0) is 102 Å². The first-order valence-electron chi connectivity index (χ1n) is 16.0. The molecule has 1 unspecified atom stereocenters. The maximum absolute atomic E-state index is 9.53. The van der Waals surface area contributed by atoms with Crippen LogP contribution < -0.4 is 9.80 Å². The van der Waals surface area contributed by atoms with Crippen molar-refractivity contribution in [2.45, 2.75) is 38.1 Å².